The molecule has 0 bridgehead atoms. The van der Waals surface area contributed by atoms with Gasteiger partial charge in [0, 0.05) is 4.47 Å². The second-order valence-electron chi connectivity index (χ2n) is 4.78. The van der Waals surface area contributed by atoms with Crippen molar-refractivity contribution in [2.45, 2.75) is 44.4 Å². The van der Waals surface area contributed by atoms with E-state index in [0.717, 1.165) is 22.9 Å². The van der Waals surface area contributed by atoms with Crippen molar-refractivity contribution in [2.75, 3.05) is 0 Å². The fraction of sp³-hybridized carbons (Fsp3) is 0.538. The minimum absolute atomic E-state index is 0.00745. The number of hydrogen-bond acceptors (Lipinski definition) is 3. The number of hydrogen-bond donors (Lipinski definition) is 2. The van der Waals surface area contributed by atoms with E-state index in [9.17, 15) is 4.39 Å². The van der Waals surface area contributed by atoms with Crippen LogP contribution in [0.2, 0.25) is 0 Å². The molecule has 0 aromatic heterocycles. The van der Waals surface area contributed by atoms with Crippen LogP contribution in [0.25, 0.3) is 0 Å². The van der Waals surface area contributed by atoms with Crippen LogP contribution < -0.4 is 11.3 Å². The van der Waals surface area contributed by atoms with Crippen LogP contribution in [0.15, 0.2) is 22.7 Å². The van der Waals surface area contributed by atoms with Gasteiger partial charge in [-0.1, -0.05) is 15.9 Å². The van der Waals surface area contributed by atoms with Crippen LogP contribution in [-0.2, 0) is 11.2 Å². The van der Waals surface area contributed by atoms with Crippen molar-refractivity contribution >= 4 is 15.9 Å². The van der Waals surface area contributed by atoms with Crippen LogP contribution in [0, 0.1) is 5.82 Å². The van der Waals surface area contributed by atoms with Gasteiger partial charge in [-0.2, -0.15) is 0 Å². The molecule has 2 rings (SSSR count). The minimum atomic E-state index is -0.232. The Bertz CT molecular complexity index is 416. The molecule has 0 amide bonds. The largest absolute Gasteiger partial charge is 0.374 e. The summed E-state index contributed by atoms with van der Waals surface area (Å²) in [7, 11) is 0. The van der Waals surface area contributed by atoms with E-state index in [1.165, 1.54) is 12.1 Å². The molecule has 3 N–H and O–H groups in total. The first-order valence-electron chi connectivity index (χ1n) is 6.15. The first-order valence-corrected chi connectivity index (χ1v) is 6.95. The molecule has 0 radical (unpaired) electrons. The molecule has 1 aromatic rings. The van der Waals surface area contributed by atoms with E-state index < -0.39 is 0 Å². The Morgan fingerprint density at radius 3 is 2.94 bits per heavy atom. The van der Waals surface area contributed by atoms with Crippen LogP contribution in [-0.4, -0.2) is 18.2 Å². The summed E-state index contributed by atoms with van der Waals surface area (Å²) in [6, 6.07) is 4.70. The van der Waals surface area contributed by atoms with Gasteiger partial charge < -0.3 is 4.74 Å². The van der Waals surface area contributed by atoms with Gasteiger partial charge >= 0.3 is 0 Å². The topological polar surface area (TPSA) is 47.3 Å². The number of nitrogens with one attached hydrogen (secondary N) is 1. The molecule has 1 fully saturated rings. The number of nitrogens with two attached hydrogens (primary N) is 1. The van der Waals surface area contributed by atoms with E-state index >= 15 is 0 Å². The smallest absolute Gasteiger partial charge is 0.123 e. The molecule has 0 saturated carbocycles. The number of halogens is 2. The molecule has 3 nitrogen and oxygen atoms in total. The van der Waals surface area contributed by atoms with Crippen molar-refractivity contribution in [1.29, 1.82) is 0 Å². The van der Waals surface area contributed by atoms with Crippen molar-refractivity contribution in [3.05, 3.63) is 34.1 Å². The summed E-state index contributed by atoms with van der Waals surface area (Å²) in [6.07, 6.45) is 3.06. The minimum Gasteiger partial charge on any atom is -0.374 e. The maximum absolute atomic E-state index is 13.2. The number of rotatable bonds is 4. The molecule has 100 valence electrons. The van der Waals surface area contributed by atoms with Crippen LogP contribution in [0.5, 0.6) is 0 Å². The highest BCUT2D eigenvalue weighted by atomic mass is 79.9. The number of benzene rings is 1. The average Bonchev–Trinajstić information content (AvgIpc) is 2.77. The molecule has 5 heteroatoms. The predicted octanol–water partition coefficient (Wildman–Crippen LogP) is 2.53. The fourth-order valence-electron chi connectivity index (χ4n) is 2.36. The van der Waals surface area contributed by atoms with Crippen LogP contribution in [0.4, 0.5) is 4.39 Å². The Morgan fingerprint density at radius 1 is 1.56 bits per heavy atom. The maximum atomic E-state index is 13.2. The van der Waals surface area contributed by atoms with E-state index in [1.807, 2.05) is 0 Å². The molecule has 18 heavy (non-hydrogen) atoms. The van der Waals surface area contributed by atoms with Gasteiger partial charge in [-0.3, -0.25) is 11.3 Å². The zero-order chi connectivity index (χ0) is 13.1. The van der Waals surface area contributed by atoms with Crippen molar-refractivity contribution in [3.8, 4) is 0 Å². The van der Waals surface area contributed by atoms with E-state index in [1.54, 1.807) is 6.07 Å². The van der Waals surface area contributed by atoms with E-state index in [0.29, 0.717) is 6.42 Å². The molecule has 1 aliphatic heterocycles. The van der Waals surface area contributed by atoms with Gasteiger partial charge in [0.1, 0.15) is 5.82 Å². The van der Waals surface area contributed by atoms with Gasteiger partial charge in [-0.25, -0.2) is 4.39 Å². The summed E-state index contributed by atoms with van der Waals surface area (Å²) in [4.78, 5) is 0. The molecule has 0 aliphatic carbocycles. The Morgan fingerprint density at radius 2 is 2.33 bits per heavy atom. The molecule has 1 aliphatic rings. The SMILES string of the molecule is CC1CCC(C(Cc2cc(F)ccc2Br)NN)O1. The lowest BCUT2D eigenvalue weighted by Crippen LogP contribution is -2.45. The highest BCUT2D eigenvalue weighted by Crippen LogP contribution is 2.25. The maximum Gasteiger partial charge on any atom is 0.123 e. The molecule has 1 saturated heterocycles. The Kier molecular flexibility index (Phi) is 4.72. The summed E-state index contributed by atoms with van der Waals surface area (Å²) in [6.45, 7) is 2.06. The van der Waals surface area contributed by atoms with Crippen molar-refractivity contribution < 1.29 is 9.13 Å². The lowest BCUT2D eigenvalue weighted by molar-refractivity contribution is 0.0320. The van der Waals surface area contributed by atoms with Crippen LogP contribution in [0.1, 0.15) is 25.3 Å². The number of ether oxygens (including phenoxy) is 1. The van der Waals surface area contributed by atoms with Crippen LogP contribution >= 0.6 is 15.9 Å². The standard InChI is InChI=1S/C13H18BrFN2O/c1-8-2-5-13(18-8)12(17-16)7-9-6-10(15)3-4-11(9)14/h3-4,6,8,12-13,17H,2,5,7,16H2,1H3. The molecular weight excluding hydrogens is 299 g/mol. The van der Waals surface area contributed by atoms with Crippen molar-refractivity contribution in [2.24, 2.45) is 5.84 Å². The van der Waals surface area contributed by atoms with Gasteiger partial charge in [0.2, 0.25) is 0 Å². The average molecular weight is 317 g/mol. The van der Waals surface area contributed by atoms with E-state index in [4.69, 9.17) is 10.6 Å². The van der Waals surface area contributed by atoms with Gasteiger partial charge in [0.25, 0.3) is 0 Å². The first kappa shape index (κ1) is 13.9. The molecule has 3 atom stereocenters. The summed E-state index contributed by atoms with van der Waals surface area (Å²) in [5.74, 6) is 5.36. The monoisotopic (exact) mass is 316 g/mol. The quantitative estimate of drug-likeness (QED) is 0.663. The fourth-order valence-corrected chi connectivity index (χ4v) is 2.77. The van der Waals surface area contributed by atoms with Gasteiger partial charge in [-0.05, 0) is 49.9 Å². The predicted molar refractivity (Wildman–Crippen MR) is 72.5 cm³/mol. The lowest BCUT2D eigenvalue weighted by Gasteiger charge is -2.23. The third-order valence-electron chi connectivity index (χ3n) is 3.38. The zero-order valence-corrected chi connectivity index (χ0v) is 11.9. The summed E-state index contributed by atoms with van der Waals surface area (Å²) < 4.78 is 19.9. The van der Waals surface area contributed by atoms with Crippen LogP contribution in [0.3, 0.4) is 0 Å². The Labute approximate surface area is 115 Å². The second kappa shape index (κ2) is 6.10. The third kappa shape index (κ3) is 3.29. The third-order valence-corrected chi connectivity index (χ3v) is 4.15. The van der Waals surface area contributed by atoms with E-state index in [-0.39, 0.29) is 24.1 Å². The Hall–Kier alpha value is -0.490. The normalized spacial score (nSPS) is 25.3. The van der Waals surface area contributed by atoms with Crippen molar-refractivity contribution in [3.63, 3.8) is 0 Å². The highest BCUT2D eigenvalue weighted by Gasteiger charge is 2.29. The summed E-state index contributed by atoms with van der Waals surface area (Å²) in [5.41, 5.74) is 3.70. The molecule has 0 spiro atoms. The van der Waals surface area contributed by atoms with Gasteiger partial charge in [0.15, 0.2) is 0 Å². The van der Waals surface area contributed by atoms with Crippen molar-refractivity contribution in [1.82, 2.24) is 5.43 Å². The molecule has 1 aromatic carbocycles. The van der Waals surface area contributed by atoms with Gasteiger partial charge in [0.05, 0.1) is 18.2 Å². The molecule has 3 unspecified atom stereocenters. The molecular formula is C13H18BrFN2O. The zero-order valence-electron chi connectivity index (χ0n) is 10.3. The highest BCUT2D eigenvalue weighted by molar-refractivity contribution is 9.10. The lowest BCUT2D eigenvalue weighted by atomic mass is 10.00. The first-order chi connectivity index (χ1) is 8.60. The number of hydrazine groups is 1. The molecule has 1 heterocycles. The summed E-state index contributed by atoms with van der Waals surface area (Å²) >= 11 is 3.43. The van der Waals surface area contributed by atoms with E-state index in [2.05, 4.69) is 28.3 Å². The summed E-state index contributed by atoms with van der Waals surface area (Å²) in [5, 5.41) is 0. The van der Waals surface area contributed by atoms with Gasteiger partial charge in [-0.15, -0.1) is 0 Å². The second-order valence-corrected chi connectivity index (χ2v) is 5.63. The Balaban J connectivity index is 2.08.